The topological polar surface area (TPSA) is 89.7 Å². The third-order valence-electron chi connectivity index (χ3n) is 14.1. The zero-order valence-electron chi connectivity index (χ0n) is 41.7. The van der Waals surface area contributed by atoms with Gasteiger partial charge in [0, 0.05) is 31.1 Å². The summed E-state index contributed by atoms with van der Waals surface area (Å²) >= 11 is 1.98. The smallest absolute Gasteiger partial charge is 0.230 e. The second-order valence-corrected chi connectivity index (χ2v) is 21.7. The van der Waals surface area contributed by atoms with Gasteiger partial charge in [0.1, 0.15) is 22.8 Å². The first-order chi connectivity index (χ1) is 32.7. The fourth-order valence-corrected chi connectivity index (χ4v) is 12.2. The summed E-state index contributed by atoms with van der Waals surface area (Å²) in [5.74, 6) is 2.72. The third-order valence-corrected chi connectivity index (χ3v) is 15.5. The molecule has 0 radical (unpaired) electrons. The summed E-state index contributed by atoms with van der Waals surface area (Å²) in [7, 11) is 0. The van der Waals surface area contributed by atoms with Crippen molar-refractivity contribution < 1.29 is 29.3 Å². The van der Waals surface area contributed by atoms with Gasteiger partial charge in [-0.05, 0) is 117 Å². The number of benzene rings is 3. The van der Waals surface area contributed by atoms with E-state index >= 15 is 0 Å². The molecule has 0 unspecified atom stereocenters. The maximum absolute atomic E-state index is 10.0. The average Bonchev–Trinajstić information content (AvgIpc) is 3.33. The number of rotatable bonds is 31. The van der Waals surface area contributed by atoms with Crippen molar-refractivity contribution in [2.24, 2.45) is 22.9 Å². The molecule has 0 saturated heterocycles. The number of hydrogen-bond acceptors (Lipinski definition) is 8. The highest BCUT2D eigenvalue weighted by Crippen LogP contribution is 2.63. The summed E-state index contributed by atoms with van der Waals surface area (Å²) in [6.07, 6.45) is 29.0. The van der Waals surface area contributed by atoms with Crippen LogP contribution < -0.4 is 9.47 Å². The van der Waals surface area contributed by atoms with Crippen LogP contribution in [0.5, 0.6) is 17.2 Å². The molecule has 6 atom stereocenters. The highest BCUT2D eigenvalue weighted by atomic mass is 32.2. The molecule has 7 nitrogen and oxygen atoms in total. The van der Waals surface area contributed by atoms with E-state index in [0.717, 1.165) is 90.4 Å². The molecule has 0 amide bonds. The zero-order chi connectivity index (χ0) is 47.3. The van der Waals surface area contributed by atoms with Crippen LogP contribution in [0, 0.1) is 17.8 Å². The lowest BCUT2D eigenvalue weighted by atomic mass is 9.56. The minimum absolute atomic E-state index is 0.0136. The lowest BCUT2D eigenvalue weighted by Gasteiger charge is -2.58. The van der Waals surface area contributed by atoms with Crippen molar-refractivity contribution in [1.82, 2.24) is 0 Å². The number of unbranched alkanes of at least 4 members (excludes halogenated alkanes) is 15. The monoisotopic (exact) mass is 936 g/mol. The molecule has 3 aromatic rings. The van der Waals surface area contributed by atoms with Crippen LogP contribution in [0.4, 0.5) is 0 Å². The molecular formula is C59H85NO6S. The first-order valence-corrected chi connectivity index (χ1v) is 27.5. The Morgan fingerprint density at radius 2 is 1.36 bits per heavy atom. The fraction of sp³-hybridized carbons (Fsp3) is 0.610. The maximum atomic E-state index is 10.0. The van der Waals surface area contributed by atoms with Crippen molar-refractivity contribution in [3.05, 3.63) is 103 Å². The van der Waals surface area contributed by atoms with Crippen LogP contribution in [0.25, 0.3) is 11.1 Å². The highest BCUT2D eigenvalue weighted by molar-refractivity contribution is 8.00. The Morgan fingerprint density at radius 1 is 0.746 bits per heavy atom. The number of hydrogen-bond donors (Lipinski definition) is 2. The van der Waals surface area contributed by atoms with Gasteiger partial charge >= 0.3 is 0 Å². The zero-order valence-corrected chi connectivity index (χ0v) is 42.6. The molecule has 0 aromatic heterocycles. The van der Waals surface area contributed by atoms with E-state index < -0.39 is 11.4 Å². The molecule has 0 spiro atoms. The maximum Gasteiger partial charge on any atom is 0.230 e. The summed E-state index contributed by atoms with van der Waals surface area (Å²) in [6.45, 7) is 13.3. The Morgan fingerprint density at radius 3 is 1.99 bits per heavy atom. The second kappa shape index (κ2) is 27.6. The number of aliphatic hydroxyl groups is 2. The van der Waals surface area contributed by atoms with Gasteiger partial charge in [-0.3, -0.25) is 0 Å². The summed E-state index contributed by atoms with van der Waals surface area (Å²) in [5, 5.41) is 25.0. The van der Waals surface area contributed by atoms with Crippen molar-refractivity contribution in [3.63, 3.8) is 0 Å². The van der Waals surface area contributed by atoms with Gasteiger partial charge < -0.3 is 29.3 Å². The van der Waals surface area contributed by atoms with Crippen LogP contribution in [-0.4, -0.2) is 58.1 Å². The van der Waals surface area contributed by atoms with Crippen LogP contribution in [0.2, 0.25) is 0 Å². The summed E-state index contributed by atoms with van der Waals surface area (Å²) in [6, 6.07) is 25.1. The van der Waals surface area contributed by atoms with E-state index in [1.165, 1.54) is 89.0 Å². The molecule has 2 aliphatic carbocycles. The van der Waals surface area contributed by atoms with Crippen LogP contribution >= 0.6 is 11.8 Å². The van der Waals surface area contributed by atoms with Crippen LogP contribution in [-0.2, 0) is 9.57 Å². The van der Waals surface area contributed by atoms with E-state index in [1.54, 1.807) is 0 Å². The Balaban J connectivity index is 1.29. The van der Waals surface area contributed by atoms with E-state index in [-0.39, 0.29) is 42.1 Å². The lowest BCUT2D eigenvalue weighted by molar-refractivity contribution is -0.223. The van der Waals surface area contributed by atoms with Gasteiger partial charge in [-0.1, -0.05) is 163 Å². The lowest BCUT2D eigenvalue weighted by Crippen LogP contribution is -2.64. The SMILES string of the molecule is C=CCO[C@@]12Oc3ccc(Oc4ccc(-c5ccccc5)cc4)cc3[C@H]3[C@H](CCCCO)[C@@H](CCCCO)C=C(C(=NOC(C)(C)C)C[C@@H]1SCCCCCCCCCCCCCCCC)[C@H]32. The average molecular weight is 936 g/mol. The summed E-state index contributed by atoms with van der Waals surface area (Å²) < 4.78 is 21.3. The number of aliphatic hydroxyl groups excluding tert-OH is 2. The molecule has 1 aliphatic heterocycles. The quantitative estimate of drug-likeness (QED) is 0.0377. The van der Waals surface area contributed by atoms with Gasteiger partial charge in [-0.2, -0.15) is 11.8 Å². The van der Waals surface area contributed by atoms with Crippen molar-refractivity contribution in [1.29, 1.82) is 0 Å². The Hall–Kier alpha value is -3.56. The van der Waals surface area contributed by atoms with Crippen molar-refractivity contribution >= 4 is 17.5 Å². The predicted molar refractivity (Wildman–Crippen MR) is 281 cm³/mol. The number of allylic oxidation sites excluding steroid dienone is 1. The molecule has 1 heterocycles. The standard InChI is InChI=1S/C59H85NO6S/c1-6-8-9-10-11-12-13-14-15-16-17-18-19-27-41-67-55-44-53(60-66-58(3,4)5)51-42-47(30-23-25-38-61)50(31-24-26-39-62)56-52-43-49(36-37-54(52)65-59(55,57(51)56)63-40-7-2)64-48-34-32-46(33-35-48)45-28-21-20-22-29-45/h7,20-22,28-29,32-37,42-43,47,50,55-57,61-62H,2,6,8-19,23-27,30-31,38-41,44H2,1,3-5H3/t47-,50+,55-,56+,57+,59+/m0/s1. The molecule has 6 rings (SSSR count). The van der Waals surface area contributed by atoms with Crippen molar-refractivity contribution in [3.8, 4) is 28.4 Å². The predicted octanol–water partition coefficient (Wildman–Crippen LogP) is 15.8. The van der Waals surface area contributed by atoms with E-state index in [0.29, 0.717) is 13.0 Å². The molecule has 8 heteroatoms. The van der Waals surface area contributed by atoms with Crippen LogP contribution in [0.1, 0.15) is 174 Å². The molecule has 1 saturated carbocycles. The van der Waals surface area contributed by atoms with Crippen molar-refractivity contribution in [2.45, 2.75) is 185 Å². The number of nitrogens with zero attached hydrogens (tertiary/aromatic N) is 1. The molecule has 0 bridgehead atoms. The molecule has 3 aromatic carbocycles. The molecule has 2 N–H and O–H groups in total. The van der Waals surface area contributed by atoms with Gasteiger partial charge in [-0.25, -0.2) is 0 Å². The van der Waals surface area contributed by atoms with E-state index in [9.17, 15) is 10.2 Å². The number of fused-ring (bicyclic) bond motifs is 2. The normalized spacial score (nSPS) is 22.7. The van der Waals surface area contributed by atoms with E-state index in [2.05, 4.69) is 88.9 Å². The largest absolute Gasteiger partial charge is 0.460 e. The molecule has 1 fully saturated rings. The van der Waals surface area contributed by atoms with E-state index in [4.69, 9.17) is 24.2 Å². The molecule has 368 valence electrons. The molecule has 3 aliphatic rings. The first-order valence-electron chi connectivity index (χ1n) is 26.4. The Bertz CT molecular complexity index is 1960. The minimum atomic E-state index is -0.972. The highest BCUT2D eigenvalue weighted by Gasteiger charge is 2.64. The van der Waals surface area contributed by atoms with Crippen molar-refractivity contribution in [2.75, 3.05) is 25.6 Å². The second-order valence-electron chi connectivity index (χ2n) is 20.4. The number of ether oxygens (including phenoxy) is 3. The number of thioether (sulfide) groups is 1. The fourth-order valence-electron chi connectivity index (χ4n) is 10.7. The first kappa shape index (κ1) is 52.8. The van der Waals surface area contributed by atoms with E-state index in [1.807, 2.05) is 42.1 Å². The number of oxime groups is 1. The summed E-state index contributed by atoms with van der Waals surface area (Å²) in [4.78, 5) is 6.32. The van der Waals surface area contributed by atoms with Crippen LogP contribution in [0.3, 0.4) is 0 Å². The summed E-state index contributed by atoms with van der Waals surface area (Å²) in [5.41, 5.74) is 5.13. The molecule has 67 heavy (non-hydrogen) atoms. The van der Waals surface area contributed by atoms with Gasteiger partial charge in [0.2, 0.25) is 5.79 Å². The Labute approximate surface area is 409 Å². The van der Waals surface area contributed by atoms with Gasteiger partial charge in [0.15, 0.2) is 0 Å². The minimum Gasteiger partial charge on any atom is -0.460 e. The van der Waals surface area contributed by atoms with Gasteiger partial charge in [0.25, 0.3) is 0 Å². The molecular weight excluding hydrogens is 851 g/mol. The third kappa shape index (κ3) is 15.2. The van der Waals surface area contributed by atoms with Gasteiger partial charge in [0.05, 0.1) is 23.5 Å². The van der Waals surface area contributed by atoms with Crippen LogP contribution in [0.15, 0.2) is 102 Å². The van der Waals surface area contributed by atoms with Gasteiger partial charge in [-0.15, -0.1) is 6.58 Å². The Kier molecular flexibility index (Phi) is 21.7.